The Kier molecular flexibility index (Phi) is 0.963. The number of nitrogens with zero attached hydrogens (tertiary/aromatic N) is 1. The van der Waals surface area contributed by atoms with E-state index in [-0.39, 0.29) is 5.72 Å². The Bertz CT molecular complexity index is 345. The molecule has 2 saturated carbocycles. The molecule has 2 aliphatic carbocycles. The van der Waals surface area contributed by atoms with Crippen LogP contribution in [-0.4, -0.2) is 29.2 Å². The van der Waals surface area contributed by atoms with Crippen LogP contribution in [-0.2, 0) is 9.53 Å². The number of amides is 1. The van der Waals surface area contributed by atoms with Crippen LogP contribution in [0.25, 0.3) is 0 Å². The molecular formula is C11H15NO2. The lowest BCUT2D eigenvalue weighted by Gasteiger charge is -2.31. The molecule has 2 saturated heterocycles. The van der Waals surface area contributed by atoms with Crippen molar-refractivity contribution >= 4 is 5.91 Å². The number of ether oxygens (including phenoxy) is 1. The average molecular weight is 193 g/mol. The molecule has 14 heavy (non-hydrogen) atoms. The van der Waals surface area contributed by atoms with Gasteiger partial charge in [0.1, 0.15) is 5.72 Å². The highest BCUT2D eigenvalue weighted by Gasteiger charge is 2.83. The molecule has 3 atom stereocenters. The molecule has 0 N–H and O–H groups in total. The van der Waals surface area contributed by atoms with Crippen molar-refractivity contribution in [1.29, 1.82) is 0 Å². The van der Waals surface area contributed by atoms with Crippen LogP contribution in [0.1, 0.15) is 26.7 Å². The molecule has 4 rings (SSSR count). The molecule has 1 amide bonds. The van der Waals surface area contributed by atoms with Crippen molar-refractivity contribution in [3.63, 3.8) is 0 Å². The van der Waals surface area contributed by atoms with Crippen molar-refractivity contribution in [2.24, 2.45) is 17.3 Å². The Morgan fingerprint density at radius 1 is 1.43 bits per heavy atom. The summed E-state index contributed by atoms with van der Waals surface area (Å²) in [5.74, 6) is 1.41. The predicted octanol–water partition coefficient (Wildman–Crippen LogP) is 0.990. The van der Waals surface area contributed by atoms with Gasteiger partial charge in [-0.2, -0.15) is 0 Å². The van der Waals surface area contributed by atoms with Crippen LogP contribution in [0.5, 0.6) is 0 Å². The molecule has 3 heteroatoms. The van der Waals surface area contributed by atoms with E-state index in [0.29, 0.717) is 29.2 Å². The molecule has 0 bridgehead atoms. The standard InChI is InChI=1S/C11H15NO2/c1-10(2)12-6(5-14-10)7-8(9(12)13)11(7)3-4-11/h6-8H,3-5H2,1-2H3/t6-,7-,8-/m1/s1. The first-order valence-electron chi connectivity index (χ1n) is 5.55. The van der Waals surface area contributed by atoms with Crippen LogP contribution < -0.4 is 0 Å². The fourth-order valence-corrected chi connectivity index (χ4v) is 3.99. The van der Waals surface area contributed by atoms with Crippen LogP contribution >= 0.6 is 0 Å². The predicted molar refractivity (Wildman–Crippen MR) is 49.3 cm³/mol. The Labute approximate surface area is 83.4 Å². The fraction of sp³-hybridized carbons (Fsp3) is 0.909. The number of piperidine rings is 1. The van der Waals surface area contributed by atoms with E-state index >= 15 is 0 Å². The third-order valence-corrected chi connectivity index (χ3v) is 4.80. The Morgan fingerprint density at radius 3 is 2.79 bits per heavy atom. The maximum atomic E-state index is 12.1. The normalized spacial score (nSPS) is 49.4. The topological polar surface area (TPSA) is 29.5 Å². The van der Waals surface area contributed by atoms with E-state index < -0.39 is 0 Å². The SMILES string of the molecule is CC1(C)OC[C@@H]2[C@@H]3[C@H](C(=O)N21)C31CC1. The highest BCUT2D eigenvalue weighted by Crippen LogP contribution is 2.80. The molecule has 0 aromatic rings. The molecule has 1 spiro atoms. The zero-order valence-electron chi connectivity index (χ0n) is 8.62. The van der Waals surface area contributed by atoms with Gasteiger partial charge in [-0.3, -0.25) is 4.79 Å². The summed E-state index contributed by atoms with van der Waals surface area (Å²) in [6, 6.07) is 0.407. The Morgan fingerprint density at radius 2 is 2.14 bits per heavy atom. The van der Waals surface area contributed by atoms with Crippen molar-refractivity contribution in [3.8, 4) is 0 Å². The van der Waals surface area contributed by atoms with Gasteiger partial charge >= 0.3 is 0 Å². The van der Waals surface area contributed by atoms with Gasteiger partial charge in [0.2, 0.25) is 5.91 Å². The second-order valence-electron chi connectivity index (χ2n) is 5.77. The quantitative estimate of drug-likeness (QED) is 0.574. The summed E-state index contributed by atoms with van der Waals surface area (Å²) < 4.78 is 5.70. The monoisotopic (exact) mass is 193 g/mol. The molecule has 0 radical (unpaired) electrons. The van der Waals surface area contributed by atoms with Gasteiger partial charge in [0.25, 0.3) is 0 Å². The number of hydrogen-bond donors (Lipinski definition) is 0. The van der Waals surface area contributed by atoms with Crippen LogP contribution in [0.4, 0.5) is 0 Å². The maximum absolute atomic E-state index is 12.1. The van der Waals surface area contributed by atoms with Crippen molar-refractivity contribution in [1.82, 2.24) is 4.90 Å². The van der Waals surface area contributed by atoms with Crippen molar-refractivity contribution in [3.05, 3.63) is 0 Å². The third-order valence-electron chi connectivity index (χ3n) is 4.80. The Balaban J connectivity index is 1.75. The van der Waals surface area contributed by atoms with E-state index in [1.807, 2.05) is 18.7 Å². The number of carbonyl (C=O) groups is 1. The van der Waals surface area contributed by atoms with Crippen LogP contribution in [0.15, 0.2) is 0 Å². The highest BCUT2D eigenvalue weighted by atomic mass is 16.5. The van der Waals surface area contributed by atoms with E-state index in [1.165, 1.54) is 12.8 Å². The van der Waals surface area contributed by atoms with Crippen molar-refractivity contribution in [2.75, 3.05) is 6.61 Å². The van der Waals surface area contributed by atoms with Gasteiger partial charge < -0.3 is 9.64 Å². The summed E-state index contributed by atoms with van der Waals surface area (Å²) in [5.41, 5.74) is 0.132. The lowest BCUT2D eigenvalue weighted by Crippen LogP contribution is -2.46. The smallest absolute Gasteiger partial charge is 0.229 e. The van der Waals surface area contributed by atoms with Gasteiger partial charge in [0.05, 0.1) is 12.6 Å². The lowest BCUT2D eigenvalue weighted by molar-refractivity contribution is -0.145. The largest absolute Gasteiger partial charge is 0.354 e. The van der Waals surface area contributed by atoms with Gasteiger partial charge in [-0.1, -0.05) is 0 Å². The number of carbonyl (C=O) groups excluding carboxylic acids is 1. The molecule has 2 heterocycles. The second-order valence-corrected chi connectivity index (χ2v) is 5.77. The molecule has 0 aromatic heterocycles. The van der Waals surface area contributed by atoms with E-state index in [9.17, 15) is 4.79 Å². The highest BCUT2D eigenvalue weighted by molar-refractivity contribution is 5.89. The molecule has 4 fully saturated rings. The minimum Gasteiger partial charge on any atom is -0.354 e. The summed E-state index contributed by atoms with van der Waals surface area (Å²) in [6.07, 6.45) is 2.58. The third kappa shape index (κ3) is 0.577. The van der Waals surface area contributed by atoms with Gasteiger partial charge in [-0.15, -0.1) is 0 Å². The molecule has 0 aromatic carbocycles. The summed E-state index contributed by atoms with van der Waals surface area (Å²) in [6.45, 7) is 4.78. The molecule has 0 unspecified atom stereocenters. The number of rotatable bonds is 0. The summed E-state index contributed by atoms with van der Waals surface area (Å²) in [4.78, 5) is 14.2. The van der Waals surface area contributed by atoms with E-state index in [0.717, 1.165) is 6.61 Å². The summed E-state index contributed by atoms with van der Waals surface area (Å²) >= 11 is 0. The number of hydrogen-bond acceptors (Lipinski definition) is 2. The maximum Gasteiger partial charge on any atom is 0.229 e. The van der Waals surface area contributed by atoms with Gasteiger partial charge in [0.15, 0.2) is 0 Å². The lowest BCUT2D eigenvalue weighted by atomic mass is 10.1. The molecule has 2 aliphatic heterocycles. The molecule has 4 aliphatic rings. The molecule has 3 nitrogen and oxygen atoms in total. The van der Waals surface area contributed by atoms with E-state index in [2.05, 4.69) is 0 Å². The van der Waals surface area contributed by atoms with Crippen LogP contribution in [0.2, 0.25) is 0 Å². The van der Waals surface area contributed by atoms with Crippen molar-refractivity contribution in [2.45, 2.75) is 38.5 Å². The first kappa shape index (κ1) is 7.69. The Hall–Kier alpha value is -0.570. The van der Waals surface area contributed by atoms with E-state index in [4.69, 9.17) is 4.74 Å². The molecule has 76 valence electrons. The van der Waals surface area contributed by atoms with E-state index in [1.54, 1.807) is 0 Å². The number of fused-ring (bicyclic) bond motifs is 5. The summed E-state index contributed by atoms with van der Waals surface area (Å²) in [7, 11) is 0. The van der Waals surface area contributed by atoms with Crippen molar-refractivity contribution < 1.29 is 9.53 Å². The van der Waals surface area contributed by atoms with Crippen LogP contribution in [0, 0.1) is 17.3 Å². The minimum atomic E-state index is -0.342. The zero-order valence-corrected chi connectivity index (χ0v) is 8.62. The second kappa shape index (κ2) is 1.75. The first-order valence-corrected chi connectivity index (χ1v) is 5.55. The summed E-state index contributed by atoms with van der Waals surface area (Å²) in [5, 5.41) is 0. The molecular weight excluding hydrogens is 178 g/mol. The van der Waals surface area contributed by atoms with Crippen LogP contribution in [0.3, 0.4) is 0 Å². The van der Waals surface area contributed by atoms with Gasteiger partial charge in [0, 0.05) is 11.8 Å². The first-order chi connectivity index (χ1) is 6.58. The average Bonchev–Trinajstić information content (AvgIpc) is 2.95. The fourth-order valence-electron chi connectivity index (χ4n) is 3.99. The zero-order chi connectivity index (χ0) is 9.72. The van der Waals surface area contributed by atoms with Gasteiger partial charge in [-0.05, 0) is 32.1 Å². The van der Waals surface area contributed by atoms with Gasteiger partial charge in [-0.25, -0.2) is 0 Å². The minimum absolute atomic E-state index is 0.342.